The predicted molar refractivity (Wildman–Crippen MR) is 128 cm³/mol. The number of aromatic nitrogens is 1. The molecule has 0 aromatic carbocycles. The van der Waals surface area contributed by atoms with Gasteiger partial charge in [-0.2, -0.15) is 0 Å². The lowest BCUT2D eigenvalue weighted by Crippen LogP contribution is -2.41. The standard InChI is InChI=1S/C20H36N6O3.HI/c1-20(2,3)16-13-22-17(29-16)14-23-19(24-15-18(27)25(4)5)21-7-6-8-26-9-11-28-12-10-26;/h13H,6-12,14-15H2,1-5H3,(H2,21,23,24);1H. The molecule has 2 heterocycles. The zero-order valence-corrected chi connectivity index (χ0v) is 21.2. The van der Waals surface area contributed by atoms with Gasteiger partial charge in [-0.05, 0) is 13.0 Å². The molecule has 2 rings (SSSR count). The molecule has 0 saturated carbocycles. The molecule has 1 aromatic rings. The second-order valence-electron chi connectivity index (χ2n) is 8.41. The van der Waals surface area contributed by atoms with Crippen molar-refractivity contribution in [2.75, 3.05) is 60.0 Å². The van der Waals surface area contributed by atoms with Crippen molar-refractivity contribution in [3.8, 4) is 0 Å². The molecule has 172 valence electrons. The number of nitrogens with zero attached hydrogens (tertiary/aromatic N) is 4. The first kappa shape index (κ1) is 26.6. The third-order valence-corrected chi connectivity index (χ3v) is 4.62. The van der Waals surface area contributed by atoms with E-state index in [1.54, 1.807) is 20.3 Å². The van der Waals surface area contributed by atoms with Crippen molar-refractivity contribution in [1.82, 2.24) is 25.4 Å². The van der Waals surface area contributed by atoms with Gasteiger partial charge in [0.2, 0.25) is 11.8 Å². The van der Waals surface area contributed by atoms with Gasteiger partial charge in [0, 0.05) is 39.1 Å². The van der Waals surface area contributed by atoms with Crippen molar-refractivity contribution >= 4 is 35.8 Å². The summed E-state index contributed by atoms with van der Waals surface area (Å²) in [5.74, 6) is 1.97. The topological polar surface area (TPSA) is 95.2 Å². The van der Waals surface area contributed by atoms with Gasteiger partial charge in [-0.15, -0.1) is 24.0 Å². The normalized spacial score (nSPS) is 15.4. The van der Waals surface area contributed by atoms with Crippen LogP contribution in [0.15, 0.2) is 15.6 Å². The Hall–Kier alpha value is -1.40. The molecule has 0 spiro atoms. The Balaban J connectivity index is 0.00000450. The highest BCUT2D eigenvalue weighted by atomic mass is 127. The van der Waals surface area contributed by atoms with Gasteiger partial charge < -0.3 is 24.7 Å². The van der Waals surface area contributed by atoms with Crippen molar-refractivity contribution in [2.24, 2.45) is 4.99 Å². The first-order valence-electron chi connectivity index (χ1n) is 10.2. The van der Waals surface area contributed by atoms with Crippen LogP contribution >= 0.6 is 24.0 Å². The van der Waals surface area contributed by atoms with Crippen LogP contribution in [0.25, 0.3) is 0 Å². The van der Waals surface area contributed by atoms with Crippen molar-refractivity contribution in [2.45, 2.75) is 39.2 Å². The van der Waals surface area contributed by atoms with Crippen LogP contribution in [-0.4, -0.2) is 86.7 Å². The Morgan fingerprint density at radius 2 is 1.97 bits per heavy atom. The number of hydrogen-bond donors (Lipinski definition) is 2. The molecule has 2 N–H and O–H groups in total. The second-order valence-corrected chi connectivity index (χ2v) is 8.41. The molecule has 0 bridgehead atoms. The number of morpholine rings is 1. The van der Waals surface area contributed by atoms with Gasteiger partial charge >= 0.3 is 0 Å². The van der Waals surface area contributed by atoms with Crippen molar-refractivity contribution in [3.63, 3.8) is 0 Å². The van der Waals surface area contributed by atoms with Crippen molar-refractivity contribution < 1.29 is 13.9 Å². The fraction of sp³-hybridized carbons (Fsp3) is 0.750. The summed E-state index contributed by atoms with van der Waals surface area (Å²) >= 11 is 0. The van der Waals surface area contributed by atoms with Crippen molar-refractivity contribution in [3.05, 3.63) is 17.8 Å². The maximum atomic E-state index is 11.9. The van der Waals surface area contributed by atoms with Crippen LogP contribution in [-0.2, 0) is 21.5 Å². The number of halogens is 1. The van der Waals surface area contributed by atoms with Gasteiger partial charge in [0.05, 0.1) is 26.0 Å². The fourth-order valence-corrected chi connectivity index (χ4v) is 2.69. The SMILES string of the molecule is CN(C)C(=O)CN=C(NCCCN1CCOCC1)NCc1ncc(C(C)(C)C)o1.I. The highest BCUT2D eigenvalue weighted by Gasteiger charge is 2.19. The average Bonchev–Trinajstić information content (AvgIpc) is 3.16. The molecular weight excluding hydrogens is 499 g/mol. The fourth-order valence-electron chi connectivity index (χ4n) is 2.69. The van der Waals surface area contributed by atoms with E-state index in [4.69, 9.17) is 9.15 Å². The molecule has 10 heteroatoms. The van der Waals surface area contributed by atoms with Crippen LogP contribution in [0.5, 0.6) is 0 Å². The Kier molecular flexibility index (Phi) is 11.6. The molecule has 1 aliphatic rings. The van der Waals surface area contributed by atoms with Gasteiger partial charge in [-0.3, -0.25) is 9.69 Å². The predicted octanol–water partition coefficient (Wildman–Crippen LogP) is 1.44. The zero-order valence-electron chi connectivity index (χ0n) is 18.9. The maximum absolute atomic E-state index is 11.9. The highest BCUT2D eigenvalue weighted by Crippen LogP contribution is 2.22. The molecular formula is C20H37IN6O3. The van der Waals surface area contributed by atoms with Gasteiger partial charge in [0.15, 0.2) is 5.96 Å². The molecule has 1 aliphatic heterocycles. The van der Waals surface area contributed by atoms with Crippen LogP contribution in [0.4, 0.5) is 0 Å². The number of oxazole rings is 1. The summed E-state index contributed by atoms with van der Waals surface area (Å²) in [6.07, 6.45) is 2.74. The number of carbonyl (C=O) groups excluding carboxylic acids is 1. The lowest BCUT2D eigenvalue weighted by molar-refractivity contribution is -0.127. The summed E-state index contributed by atoms with van der Waals surface area (Å²) in [6, 6.07) is 0. The summed E-state index contributed by atoms with van der Waals surface area (Å²) in [5, 5.41) is 6.51. The van der Waals surface area contributed by atoms with Gasteiger partial charge in [0.1, 0.15) is 12.3 Å². The molecule has 0 radical (unpaired) electrons. The Morgan fingerprint density at radius 1 is 1.27 bits per heavy atom. The Bertz CT molecular complexity index is 666. The number of likely N-dealkylation sites (N-methyl/N-ethyl adjacent to an activating group) is 1. The molecule has 1 fully saturated rings. The van der Waals surface area contributed by atoms with E-state index in [0.717, 1.165) is 51.6 Å². The van der Waals surface area contributed by atoms with Crippen molar-refractivity contribution in [1.29, 1.82) is 0 Å². The number of hydrogen-bond acceptors (Lipinski definition) is 6. The molecule has 30 heavy (non-hydrogen) atoms. The summed E-state index contributed by atoms with van der Waals surface area (Å²) in [4.78, 5) is 24.5. The van der Waals surface area contributed by atoms with E-state index in [1.807, 2.05) is 0 Å². The minimum atomic E-state index is -0.0853. The van der Waals surface area contributed by atoms with Crippen LogP contribution < -0.4 is 10.6 Å². The second kappa shape index (κ2) is 13.1. The van der Waals surface area contributed by atoms with Crippen LogP contribution in [0.1, 0.15) is 38.8 Å². The molecule has 1 aromatic heterocycles. The molecule has 1 saturated heterocycles. The van der Waals surface area contributed by atoms with E-state index in [2.05, 4.69) is 46.3 Å². The molecule has 1 amide bonds. The monoisotopic (exact) mass is 536 g/mol. The first-order chi connectivity index (χ1) is 13.8. The summed E-state index contributed by atoms with van der Waals surface area (Å²) < 4.78 is 11.2. The van der Waals surface area contributed by atoms with E-state index in [-0.39, 0.29) is 41.8 Å². The van der Waals surface area contributed by atoms with E-state index in [9.17, 15) is 4.79 Å². The number of carbonyl (C=O) groups is 1. The number of ether oxygens (including phenoxy) is 1. The number of amides is 1. The third kappa shape index (κ3) is 9.61. The van der Waals surface area contributed by atoms with E-state index in [1.165, 1.54) is 4.90 Å². The molecule has 0 atom stereocenters. The van der Waals surface area contributed by atoms with E-state index in [0.29, 0.717) is 18.4 Å². The highest BCUT2D eigenvalue weighted by molar-refractivity contribution is 14.0. The summed E-state index contributed by atoms with van der Waals surface area (Å²) in [5.41, 5.74) is -0.0853. The summed E-state index contributed by atoms with van der Waals surface area (Å²) in [6.45, 7) is 12.1. The first-order valence-corrected chi connectivity index (χ1v) is 10.2. The molecule has 0 aliphatic carbocycles. The zero-order chi connectivity index (χ0) is 21.3. The van der Waals surface area contributed by atoms with Crippen LogP contribution in [0, 0.1) is 0 Å². The van der Waals surface area contributed by atoms with E-state index >= 15 is 0 Å². The Morgan fingerprint density at radius 3 is 2.57 bits per heavy atom. The molecule has 9 nitrogen and oxygen atoms in total. The Labute approximate surface area is 197 Å². The minimum Gasteiger partial charge on any atom is -0.443 e. The smallest absolute Gasteiger partial charge is 0.243 e. The van der Waals surface area contributed by atoms with Gasteiger partial charge in [-0.1, -0.05) is 20.8 Å². The van der Waals surface area contributed by atoms with Crippen LogP contribution in [0.3, 0.4) is 0 Å². The lowest BCUT2D eigenvalue weighted by Gasteiger charge is -2.26. The number of nitrogens with one attached hydrogen (secondary N) is 2. The largest absolute Gasteiger partial charge is 0.443 e. The molecule has 0 unspecified atom stereocenters. The number of aliphatic imine (C=N–C) groups is 1. The van der Waals surface area contributed by atoms with Crippen LogP contribution in [0.2, 0.25) is 0 Å². The van der Waals surface area contributed by atoms with Gasteiger partial charge in [0.25, 0.3) is 0 Å². The average molecular weight is 536 g/mol. The number of rotatable bonds is 8. The number of guanidine groups is 1. The summed E-state index contributed by atoms with van der Waals surface area (Å²) in [7, 11) is 3.45. The third-order valence-electron chi connectivity index (χ3n) is 4.62. The maximum Gasteiger partial charge on any atom is 0.243 e. The van der Waals surface area contributed by atoms with Gasteiger partial charge in [-0.25, -0.2) is 9.98 Å². The minimum absolute atomic E-state index is 0. The quantitative estimate of drug-likeness (QED) is 0.225. The van der Waals surface area contributed by atoms with E-state index < -0.39 is 0 Å². The lowest BCUT2D eigenvalue weighted by atomic mass is 9.94.